The van der Waals surface area contributed by atoms with Crippen molar-refractivity contribution in [3.05, 3.63) is 6.07 Å². The van der Waals surface area contributed by atoms with Crippen molar-refractivity contribution < 1.29 is 19.0 Å². The molecule has 0 radical (unpaired) electrons. The number of esters is 1. The Balaban J connectivity index is 2.53. The van der Waals surface area contributed by atoms with E-state index in [1.165, 1.54) is 14.2 Å². The van der Waals surface area contributed by atoms with Crippen molar-refractivity contribution in [2.45, 2.75) is 13.3 Å². The molecule has 0 aromatic carbocycles. The molecular formula is C11H17N3O4. The maximum atomic E-state index is 11.1. The van der Waals surface area contributed by atoms with Crippen LogP contribution in [-0.2, 0) is 9.53 Å². The van der Waals surface area contributed by atoms with Crippen LogP contribution < -0.4 is 14.8 Å². The monoisotopic (exact) mass is 255 g/mol. The van der Waals surface area contributed by atoms with Crippen molar-refractivity contribution in [1.29, 1.82) is 0 Å². The quantitative estimate of drug-likeness (QED) is 0.723. The Labute approximate surface area is 105 Å². The Morgan fingerprint density at radius 3 is 2.39 bits per heavy atom. The van der Waals surface area contributed by atoms with E-state index in [0.29, 0.717) is 30.9 Å². The Morgan fingerprint density at radius 2 is 1.89 bits per heavy atom. The second kappa shape index (κ2) is 7.31. The van der Waals surface area contributed by atoms with Gasteiger partial charge in [-0.1, -0.05) is 0 Å². The Bertz CT molecular complexity index is 376. The van der Waals surface area contributed by atoms with Gasteiger partial charge < -0.3 is 19.5 Å². The largest absolute Gasteiger partial charge is 0.481 e. The van der Waals surface area contributed by atoms with Crippen molar-refractivity contribution in [3.8, 4) is 11.8 Å². The van der Waals surface area contributed by atoms with Gasteiger partial charge in [0.1, 0.15) is 0 Å². The first-order valence-electron chi connectivity index (χ1n) is 5.56. The minimum absolute atomic E-state index is 0.247. The summed E-state index contributed by atoms with van der Waals surface area (Å²) in [5.74, 6) is 0.858. The summed E-state index contributed by atoms with van der Waals surface area (Å²) in [7, 11) is 3.01. The Kier molecular flexibility index (Phi) is 5.69. The fourth-order valence-corrected chi connectivity index (χ4v) is 1.20. The van der Waals surface area contributed by atoms with E-state index in [1.807, 2.05) is 0 Å². The van der Waals surface area contributed by atoms with E-state index in [9.17, 15) is 4.79 Å². The molecule has 0 fully saturated rings. The van der Waals surface area contributed by atoms with Crippen LogP contribution in [-0.4, -0.2) is 43.3 Å². The predicted octanol–water partition coefficient (Wildman–Crippen LogP) is 0.859. The van der Waals surface area contributed by atoms with Crippen LogP contribution in [0.5, 0.6) is 11.8 Å². The number of hydrogen-bond donors (Lipinski definition) is 1. The number of nitrogens with one attached hydrogen (secondary N) is 1. The highest BCUT2D eigenvalue weighted by atomic mass is 16.5. The summed E-state index contributed by atoms with van der Waals surface area (Å²) < 4.78 is 14.8. The third-order valence-corrected chi connectivity index (χ3v) is 2.01. The van der Waals surface area contributed by atoms with Gasteiger partial charge in [0.25, 0.3) is 0 Å². The minimum Gasteiger partial charge on any atom is -0.481 e. The van der Waals surface area contributed by atoms with Gasteiger partial charge >= 0.3 is 5.97 Å². The number of hydrogen-bond acceptors (Lipinski definition) is 7. The van der Waals surface area contributed by atoms with Crippen LogP contribution in [0.2, 0.25) is 0 Å². The van der Waals surface area contributed by atoms with Gasteiger partial charge in [0.05, 0.1) is 33.3 Å². The van der Waals surface area contributed by atoms with Crippen molar-refractivity contribution in [1.82, 2.24) is 9.97 Å². The highest BCUT2D eigenvalue weighted by Gasteiger charge is 2.06. The van der Waals surface area contributed by atoms with Crippen LogP contribution >= 0.6 is 0 Å². The first-order valence-corrected chi connectivity index (χ1v) is 5.56. The second-order valence-electron chi connectivity index (χ2n) is 3.26. The highest BCUT2D eigenvalue weighted by Crippen LogP contribution is 2.17. The van der Waals surface area contributed by atoms with Crippen molar-refractivity contribution >= 4 is 11.9 Å². The van der Waals surface area contributed by atoms with Crippen LogP contribution in [0.3, 0.4) is 0 Å². The Morgan fingerprint density at radius 1 is 1.28 bits per heavy atom. The average molecular weight is 255 g/mol. The Hall–Kier alpha value is -2.05. The number of carbonyl (C=O) groups is 1. The summed E-state index contributed by atoms with van der Waals surface area (Å²) in [6, 6.07) is 1.57. The molecule has 0 aliphatic heterocycles. The lowest BCUT2D eigenvalue weighted by Crippen LogP contribution is -2.13. The third-order valence-electron chi connectivity index (χ3n) is 2.01. The third kappa shape index (κ3) is 4.44. The van der Waals surface area contributed by atoms with Crippen LogP contribution in [0.25, 0.3) is 0 Å². The van der Waals surface area contributed by atoms with E-state index in [0.717, 1.165) is 0 Å². The molecule has 0 unspecified atom stereocenters. The number of rotatable bonds is 7. The van der Waals surface area contributed by atoms with Gasteiger partial charge in [-0.05, 0) is 6.92 Å². The van der Waals surface area contributed by atoms with Crippen LogP contribution in [0.1, 0.15) is 13.3 Å². The SMILES string of the molecule is CCOC(=O)CCNc1nc(OC)cc(OC)n1. The minimum atomic E-state index is -0.264. The van der Waals surface area contributed by atoms with Crippen molar-refractivity contribution in [2.75, 3.05) is 32.7 Å². The van der Waals surface area contributed by atoms with Crippen LogP contribution in [0.15, 0.2) is 6.07 Å². The normalized spacial score (nSPS) is 9.72. The smallest absolute Gasteiger partial charge is 0.307 e. The van der Waals surface area contributed by atoms with Crippen LogP contribution in [0.4, 0.5) is 5.95 Å². The molecule has 0 amide bonds. The molecule has 0 bridgehead atoms. The number of methoxy groups -OCH3 is 2. The molecule has 100 valence electrons. The van der Waals surface area contributed by atoms with Crippen molar-refractivity contribution in [3.63, 3.8) is 0 Å². The molecule has 0 saturated carbocycles. The van der Waals surface area contributed by atoms with Gasteiger partial charge in [0, 0.05) is 6.54 Å². The van der Waals surface area contributed by atoms with Gasteiger partial charge in [0.2, 0.25) is 17.7 Å². The lowest BCUT2D eigenvalue weighted by Gasteiger charge is -2.08. The van der Waals surface area contributed by atoms with Crippen LogP contribution in [0, 0.1) is 0 Å². The summed E-state index contributed by atoms with van der Waals surface area (Å²) in [6.07, 6.45) is 0.247. The van der Waals surface area contributed by atoms with Gasteiger partial charge in [-0.2, -0.15) is 9.97 Å². The molecular weight excluding hydrogens is 238 g/mol. The van der Waals surface area contributed by atoms with E-state index in [2.05, 4.69) is 15.3 Å². The van der Waals surface area contributed by atoms with Gasteiger partial charge in [-0.15, -0.1) is 0 Å². The molecule has 0 atom stereocenters. The fourth-order valence-electron chi connectivity index (χ4n) is 1.20. The zero-order valence-electron chi connectivity index (χ0n) is 10.7. The molecule has 7 heteroatoms. The zero-order chi connectivity index (χ0) is 13.4. The molecule has 1 N–H and O–H groups in total. The summed E-state index contributed by atoms with van der Waals surface area (Å²) in [5.41, 5.74) is 0. The van der Waals surface area contributed by atoms with E-state index in [-0.39, 0.29) is 12.4 Å². The summed E-state index contributed by atoms with van der Waals surface area (Å²) in [5, 5.41) is 2.90. The lowest BCUT2D eigenvalue weighted by molar-refractivity contribution is -0.142. The number of anilines is 1. The highest BCUT2D eigenvalue weighted by molar-refractivity contribution is 5.69. The maximum absolute atomic E-state index is 11.1. The topological polar surface area (TPSA) is 82.6 Å². The molecule has 18 heavy (non-hydrogen) atoms. The van der Waals surface area contributed by atoms with Gasteiger partial charge in [0.15, 0.2) is 0 Å². The van der Waals surface area contributed by atoms with Crippen molar-refractivity contribution in [2.24, 2.45) is 0 Å². The molecule has 0 spiro atoms. The molecule has 1 aromatic heterocycles. The number of aromatic nitrogens is 2. The molecule has 1 aromatic rings. The summed E-state index contributed by atoms with van der Waals surface area (Å²) >= 11 is 0. The molecule has 1 heterocycles. The first kappa shape index (κ1) is 14.0. The van der Waals surface area contributed by atoms with E-state index < -0.39 is 0 Å². The average Bonchev–Trinajstić information content (AvgIpc) is 2.38. The number of carbonyl (C=O) groups excluding carboxylic acids is 1. The van der Waals surface area contributed by atoms with Gasteiger partial charge in [-0.3, -0.25) is 4.79 Å². The molecule has 0 saturated heterocycles. The van der Waals surface area contributed by atoms with E-state index in [1.54, 1.807) is 13.0 Å². The predicted molar refractivity (Wildman–Crippen MR) is 64.9 cm³/mol. The zero-order valence-corrected chi connectivity index (χ0v) is 10.7. The number of ether oxygens (including phenoxy) is 3. The van der Waals surface area contributed by atoms with E-state index >= 15 is 0 Å². The summed E-state index contributed by atoms with van der Waals surface area (Å²) in [4.78, 5) is 19.3. The standard InChI is InChI=1S/C11H17N3O4/c1-4-18-10(15)5-6-12-11-13-8(16-2)7-9(14-11)17-3/h7H,4-6H2,1-3H3,(H,12,13,14). The fraction of sp³-hybridized carbons (Fsp3) is 0.545. The first-order chi connectivity index (χ1) is 8.69. The molecule has 1 rings (SSSR count). The lowest BCUT2D eigenvalue weighted by atomic mass is 10.4. The van der Waals surface area contributed by atoms with Gasteiger partial charge in [-0.25, -0.2) is 0 Å². The molecule has 0 aliphatic carbocycles. The second-order valence-corrected chi connectivity index (χ2v) is 3.26. The molecule has 7 nitrogen and oxygen atoms in total. The van der Waals surface area contributed by atoms with E-state index in [4.69, 9.17) is 14.2 Å². The molecule has 0 aliphatic rings. The maximum Gasteiger partial charge on any atom is 0.307 e. The summed E-state index contributed by atoms with van der Waals surface area (Å²) in [6.45, 7) is 2.53. The number of nitrogens with zero attached hydrogens (tertiary/aromatic N) is 2.